The lowest BCUT2D eigenvalue weighted by Gasteiger charge is -2.44. The average molecular weight is 599 g/mol. The maximum Gasteiger partial charge on any atom is 0.765 e. The number of carbonyl (C=O) groups excluding carboxylic acids is 2. The number of quaternary nitrogens is 1. The first-order valence-corrected chi connectivity index (χ1v) is 14.9. The van der Waals surface area contributed by atoms with E-state index in [9.17, 15) is 13.9 Å². The number of aromatic nitrogens is 1. The molecule has 1 fully saturated rings. The Bertz CT molecular complexity index is 1320. The van der Waals surface area contributed by atoms with Gasteiger partial charge in [-0.25, -0.2) is 4.32 Å². The number of aryl methyl sites for hydroxylation is 1. The van der Waals surface area contributed by atoms with Crippen molar-refractivity contribution in [1.29, 1.82) is 0 Å². The maximum absolute atomic E-state index is 15.0. The number of ether oxygens (including phenoxy) is 2. The molecule has 1 saturated heterocycles. The van der Waals surface area contributed by atoms with Crippen LogP contribution < -0.4 is 21.3 Å². The lowest BCUT2D eigenvalue weighted by molar-refractivity contribution is -0.709. The molecule has 43 heavy (non-hydrogen) atoms. The van der Waals surface area contributed by atoms with Gasteiger partial charge in [-0.1, -0.05) is 27.7 Å². The van der Waals surface area contributed by atoms with Gasteiger partial charge in [-0.2, -0.15) is 5.10 Å². The Labute approximate surface area is 254 Å². The van der Waals surface area contributed by atoms with E-state index in [-0.39, 0.29) is 11.8 Å². The van der Waals surface area contributed by atoms with Crippen LogP contribution in [0.3, 0.4) is 0 Å². The number of halogens is 1. The van der Waals surface area contributed by atoms with Crippen molar-refractivity contribution in [2.45, 2.75) is 79.6 Å². The molecule has 2 amide bonds. The first-order valence-electron chi connectivity index (χ1n) is 14.9. The predicted molar refractivity (Wildman–Crippen MR) is 168 cm³/mol. The first-order chi connectivity index (χ1) is 20.4. The Morgan fingerprint density at radius 3 is 2.72 bits per heavy atom. The summed E-state index contributed by atoms with van der Waals surface area (Å²) in [4.78, 5) is 29.9. The van der Waals surface area contributed by atoms with E-state index >= 15 is 0 Å². The molecule has 11 nitrogen and oxygen atoms in total. The zero-order chi connectivity index (χ0) is 31.8. The molecule has 2 unspecified atom stereocenters. The summed E-state index contributed by atoms with van der Waals surface area (Å²) in [7, 11) is -1.14. The van der Waals surface area contributed by atoms with Crippen LogP contribution in [0.5, 0.6) is 0 Å². The normalized spacial score (nSPS) is 22.0. The van der Waals surface area contributed by atoms with Crippen LogP contribution in [0.2, 0.25) is 0 Å². The summed E-state index contributed by atoms with van der Waals surface area (Å²) in [6.07, 6.45) is 9.19. The Morgan fingerprint density at radius 2 is 2.02 bits per heavy atom. The molecule has 0 bridgehead atoms. The molecule has 0 aliphatic carbocycles. The summed E-state index contributed by atoms with van der Waals surface area (Å²) in [5, 5.41) is 9.07. The summed E-state index contributed by atoms with van der Waals surface area (Å²) in [5.41, 5.74) is 3.99. The van der Waals surface area contributed by atoms with Crippen molar-refractivity contribution in [2.24, 2.45) is 21.4 Å². The summed E-state index contributed by atoms with van der Waals surface area (Å²) >= 11 is 0. The molecule has 0 aromatic carbocycles. The molecule has 4 heterocycles. The molecule has 1 aromatic rings. The summed E-state index contributed by atoms with van der Waals surface area (Å²) in [6, 6.07) is 3.93. The van der Waals surface area contributed by atoms with Crippen LogP contribution in [0.4, 0.5) is 4.32 Å². The number of hydrazone groups is 1. The fourth-order valence-electron chi connectivity index (χ4n) is 4.98. The molecular formula is C30H46BFN7O4+. The van der Waals surface area contributed by atoms with Crippen molar-refractivity contribution < 1.29 is 28.2 Å². The fraction of sp³-hybridized carbons (Fsp3) is 0.533. The van der Waals surface area contributed by atoms with Crippen molar-refractivity contribution in [1.82, 2.24) is 15.1 Å². The van der Waals surface area contributed by atoms with Gasteiger partial charge in [0.05, 0.1) is 24.1 Å². The SMILES string of the molecule is CC.CC1=C[NH+]2B(F)n3c(ccc3CCCN=C/C(CCNC(=O)/C=C\NC(=O)C3OC(C)(C)OCC3(C)C)=N\N)C=C12. The highest BCUT2D eigenvalue weighted by molar-refractivity contribution is 6.41. The monoisotopic (exact) mass is 598 g/mol. The maximum atomic E-state index is 15.0. The van der Waals surface area contributed by atoms with Crippen LogP contribution in [0, 0.1) is 5.41 Å². The minimum Gasteiger partial charge on any atom is -0.352 e. The van der Waals surface area contributed by atoms with Crippen molar-refractivity contribution in [3.05, 3.63) is 53.3 Å². The molecular weight excluding hydrogens is 552 g/mol. The van der Waals surface area contributed by atoms with Gasteiger partial charge in [-0.15, -0.1) is 0 Å². The second-order valence-corrected chi connectivity index (χ2v) is 11.6. The molecule has 13 heteroatoms. The van der Waals surface area contributed by atoms with E-state index in [1.807, 2.05) is 59.0 Å². The predicted octanol–water partition coefficient (Wildman–Crippen LogP) is 2.11. The quantitative estimate of drug-likeness (QED) is 0.0773. The second-order valence-electron chi connectivity index (χ2n) is 11.6. The highest BCUT2D eigenvalue weighted by atomic mass is 19.1. The highest BCUT2D eigenvalue weighted by Gasteiger charge is 2.48. The molecule has 1 aromatic heterocycles. The number of amides is 2. The number of nitrogens with one attached hydrogen (secondary N) is 3. The third-order valence-electron chi connectivity index (χ3n) is 7.33. The zero-order valence-corrected chi connectivity index (χ0v) is 26.4. The van der Waals surface area contributed by atoms with Gasteiger partial charge in [0.15, 0.2) is 5.79 Å². The van der Waals surface area contributed by atoms with Crippen LogP contribution >= 0.6 is 0 Å². The van der Waals surface area contributed by atoms with Gasteiger partial charge >= 0.3 is 7.26 Å². The molecule has 4 rings (SSSR count). The van der Waals surface area contributed by atoms with Gasteiger partial charge < -0.3 is 25.9 Å². The lowest BCUT2D eigenvalue weighted by Crippen LogP contribution is -3.17. The van der Waals surface area contributed by atoms with Crippen molar-refractivity contribution in [3.63, 3.8) is 0 Å². The smallest absolute Gasteiger partial charge is 0.352 e. The van der Waals surface area contributed by atoms with Crippen LogP contribution in [0.1, 0.15) is 72.7 Å². The molecule has 3 aliphatic rings. The number of aliphatic imine (C=N–C) groups is 1. The van der Waals surface area contributed by atoms with E-state index in [0.29, 0.717) is 38.2 Å². The number of hydrogen-bond donors (Lipinski definition) is 4. The molecule has 3 aliphatic heterocycles. The van der Waals surface area contributed by atoms with Crippen LogP contribution in [-0.4, -0.2) is 67.1 Å². The largest absolute Gasteiger partial charge is 0.765 e. The topological polar surface area (TPSA) is 137 Å². The van der Waals surface area contributed by atoms with E-state index in [1.165, 1.54) is 12.3 Å². The van der Waals surface area contributed by atoms with Crippen LogP contribution in [-0.2, 0) is 25.5 Å². The number of nitrogens with two attached hydrogens (primary N) is 1. The molecule has 0 radical (unpaired) electrons. The Balaban J connectivity index is 0.00000248. The Hall–Kier alpha value is -3.55. The third kappa shape index (κ3) is 8.52. The van der Waals surface area contributed by atoms with E-state index < -0.39 is 24.6 Å². The van der Waals surface area contributed by atoms with Crippen molar-refractivity contribution in [3.8, 4) is 0 Å². The minimum absolute atomic E-state index is 0.292. The number of hydrogen-bond acceptors (Lipinski definition) is 7. The standard InChI is InChI=1S/C28H39BFN7O4.C2H6/c1-19-17-36-23(19)15-22-9-8-21(37(22)29(36)30)7-6-12-32-16-20(35-31)10-13-33-24(38)11-14-34-26(39)25-27(2,3)18-40-28(4,5)41-25;1-2/h8-9,11,14-17,25H,6-7,10,12-13,18,31H2,1-5H3,(H,33,38)(H,34,39);1-2H3/p+1/b14-11-,32-16?,35-20-;. The summed E-state index contributed by atoms with van der Waals surface area (Å²) < 4.78 is 28.2. The number of allylic oxidation sites excluding steroid dienone is 1. The van der Waals surface area contributed by atoms with E-state index in [0.717, 1.165) is 33.9 Å². The molecule has 5 N–H and O–H groups in total. The number of fused-ring (bicyclic) bond motifs is 2. The number of rotatable bonds is 11. The van der Waals surface area contributed by atoms with Gasteiger partial charge in [-0.05, 0) is 45.7 Å². The lowest BCUT2D eigenvalue weighted by atomic mass is 9.85. The van der Waals surface area contributed by atoms with Gasteiger partial charge in [0.2, 0.25) is 5.91 Å². The first kappa shape index (κ1) is 34.0. The minimum atomic E-state index is -1.14. The van der Waals surface area contributed by atoms with Gasteiger partial charge in [0, 0.05) is 60.9 Å². The Kier molecular flexibility index (Phi) is 11.7. The fourth-order valence-corrected chi connectivity index (χ4v) is 4.98. The van der Waals surface area contributed by atoms with E-state index in [1.54, 1.807) is 24.5 Å². The van der Waals surface area contributed by atoms with E-state index in [2.05, 4.69) is 20.7 Å². The molecule has 0 saturated carbocycles. The van der Waals surface area contributed by atoms with Crippen LogP contribution in [0.25, 0.3) is 6.08 Å². The molecule has 234 valence electrons. The number of nitrogens with zero attached hydrogens (tertiary/aromatic N) is 3. The average Bonchev–Trinajstić information content (AvgIpc) is 3.38. The van der Waals surface area contributed by atoms with Crippen LogP contribution in [0.15, 0.2) is 52.0 Å². The molecule has 0 spiro atoms. The number of carbonyl (C=O) groups is 2. The third-order valence-corrected chi connectivity index (χ3v) is 7.33. The van der Waals surface area contributed by atoms with Gasteiger partial charge in [-0.3, -0.25) is 23.9 Å². The van der Waals surface area contributed by atoms with Crippen molar-refractivity contribution in [2.75, 3.05) is 19.7 Å². The summed E-state index contributed by atoms with van der Waals surface area (Å²) in [5.74, 6) is 3.90. The van der Waals surface area contributed by atoms with E-state index in [4.69, 9.17) is 15.3 Å². The van der Waals surface area contributed by atoms with Gasteiger partial charge in [0.25, 0.3) is 5.91 Å². The summed E-state index contributed by atoms with van der Waals surface area (Å²) in [6.45, 7) is 14.5. The van der Waals surface area contributed by atoms with Crippen molar-refractivity contribution >= 4 is 37.1 Å². The molecule has 2 atom stereocenters. The second kappa shape index (κ2) is 14.8. The highest BCUT2D eigenvalue weighted by Crippen LogP contribution is 2.34. The Morgan fingerprint density at radius 1 is 1.28 bits per heavy atom. The van der Waals surface area contributed by atoms with Gasteiger partial charge in [0.1, 0.15) is 11.8 Å². The zero-order valence-electron chi connectivity index (χ0n) is 26.4.